The third kappa shape index (κ3) is 3.83. The van der Waals surface area contributed by atoms with Gasteiger partial charge in [-0.25, -0.2) is 0 Å². The van der Waals surface area contributed by atoms with Crippen LogP contribution in [0.5, 0.6) is 5.75 Å². The van der Waals surface area contributed by atoms with Crippen molar-refractivity contribution in [2.45, 2.75) is 56.6 Å². The highest BCUT2D eigenvalue weighted by Crippen LogP contribution is 2.52. The van der Waals surface area contributed by atoms with E-state index in [4.69, 9.17) is 15.2 Å². The smallest absolute Gasteiger partial charge is 0.410 e. The fraction of sp³-hybridized carbons (Fsp3) is 0.500. The van der Waals surface area contributed by atoms with Crippen LogP contribution in [0.15, 0.2) is 42.5 Å². The van der Waals surface area contributed by atoms with Crippen molar-refractivity contribution in [2.24, 2.45) is 5.73 Å². The molecule has 0 spiro atoms. The fourth-order valence-electron chi connectivity index (χ4n) is 5.02. The largest absolute Gasteiger partial charge is 0.496 e. The summed E-state index contributed by atoms with van der Waals surface area (Å²) in [5.74, 6) is 0.256. The molecule has 4 rings (SSSR count). The molecule has 7 heteroatoms. The molecule has 0 amide bonds. The van der Waals surface area contributed by atoms with Gasteiger partial charge in [-0.2, -0.15) is 13.2 Å². The van der Waals surface area contributed by atoms with Gasteiger partial charge in [0.2, 0.25) is 0 Å². The lowest BCUT2D eigenvalue weighted by Gasteiger charge is -2.51. The number of piperidine rings is 1. The molecular weight excluding hydrogens is 405 g/mol. The Morgan fingerprint density at radius 3 is 2.55 bits per heavy atom. The predicted molar refractivity (Wildman–Crippen MR) is 113 cm³/mol. The summed E-state index contributed by atoms with van der Waals surface area (Å²) in [6.45, 7) is 2.42. The minimum absolute atomic E-state index is 0.113. The summed E-state index contributed by atoms with van der Waals surface area (Å²) in [5, 5.41) is 0. The van der Waals surface area contributed by atoms with Crippen LogP contribution in [0.4, 0.5) is 13.2 Å². The highest BCUT2D eigenvalue weighted by atomic mass is 19.4. The van der Waals surface area contributed by atoms with Gasteiger partial charge in [0.05, 0.1) is 26.4 Å². The molecule has 4 nitrogen and oxygen atoms in total. The first-order chi connectivity index (χ1) is 14.8. The van der Waals surface area contributed by atoms with Crippen molar-refractivity contribution in [3.63, 3.8) is 0 Å². The Labute approximate surface area is 181 Å². The number of fused-ring (bicyclic) bond motifs is 1. The van der Waals surface area contributed by atoms with Crippen LogP contribution in [0, 0.1) is 0 Å². The van der Waals surface area contributed by atoms with Gasteiger partial charge in [-0.05, 0) is 55.0 Å². The average molecular weight is 435 g/mol. The Morgan fingerprint density at radius 2 is 1.87 bits per heavy atom. The van der Waals surface area contributed by atoms with E-state index < -0.39 is 23.8 Å². The lowest BCUT2D eigenvalue weighted by molar-refractivity contribution is -0.244. The first kappa shape index (κ1) is 22.1. The second kappa shape index (κ2) is 8.45. The number of halogens is 3. The van der Waals surface area contributed by atoms with Gasteiger partial charge in [0, 0.05) is 18.2 Å². The number of alkyl halides is 3. The molecular formula is C24H29F3N2O2. The Bertz CT molecular complexity index is 919. The average Bonchev–Trinajstić information content (AvgIpc) is 2.77. The minimum Gasteiger partial charge on any atom is -0.496 e. The maximum Gasteiger partial charge on any atom is 0.410 e. The van der Waals surface area contributed by atoms with Crippen LogP contribution in [-0.4, -0.2) is 37.4 Å². The molecule has 2 heterocycles. The van der Waals surface area contributed by atoms with Crippen LogP contribution in [0.1, 0.15) is 48.1 Å². The highest BCUT2D eigenvalue weighted by Gasteiger charge is 2.60. The molecule has 0 radical (unpaired) electrons. The van der Waals surface area contributed by atoms with Gasteiger partial charge in [-0.1, -0.05) is 30.3 Å². The lowest BCUT2D eigenvalue weighted by atomic mass is 9.80. The second-order valence-electron chi connectivity index (χ2n) is 8.55. The maximum absolute atomic E-state index is 15.0. The number of benzene rings is 2. The molecule has 1 unspecified atom stereocenters. The number of rotatable bonds is 4. The van der Waals surface area contributed by atoms with Gasteiger partial charge < -0.3 is 15.2 Å². The number of nitrogens with zero attached hydrogens (tertiary/aromatic N) is 1. The Hall–Kier alpha value is -2.09. The van der Waals surface area contributed by atoms with E-state index in [1.807, 2.05) is 30.3 Å². The second-order valence-corrected chi connectivity index (χ2v) is 8.55. The number of hydrogen-bond acceptors (Lipinski definition) is 4. The van der Waals surface area contributed by atoms with Gasteiger partial charge in [-0.15, -0.1) is 0 Å². The van der Waals surface area contributed by atoms with E-state index >= 15 is 0 Å². The van der Waals surface area contributed by atoms with Crippen LogP contribution in [0.3, 0.4) is 0 Å². The number of methoxy groups -OCH3 is 1. The molecule has 1 fully saturated rings. The molecule has 2 N–H and O–H groups in total. The van der Waals surface area contributed by atoms with Gasteiger partial charge in [-0.3, -0.25) is 4.90 Å². The summed E-state index contributed by atoms with van der Waals surface area (Å²) in [6, 6.07) is 11.7. The van der Waals surface area contributed by atoms with Gasteiger partial charge in [0.25, 0.3) is 0 Å². The van der Waals surface area contributed by atoms with Crippen molar-refractivity contribution in [1.29, 1.82) is 0 Å². The van der Waals surface area contributed by atoms with E-state index in [9.17, 15) is 13.2 Å². The standard InChI is InChI=1S/C24H29F3N2O2/c1-23(24(25,26)27,19-13-18-15-31-12-10-17(18)14-21(19)30-2)29-11-6-9-20(28)22(29)16-7-4-3-5-8-16/h3-5,7-8,13-14,20,22H,6,9-12,15,28H2,1-2H3/t20-,22-,23?/m0/s1. The van der Waals surface area contributed by atoms with E-state index in [2.05, 4.69) is 0 Å². The molecule has 31 heavy (non-hydrogen) atoms. The molecule has 2 aromatic carbocycles. The van der Waals surface area contributed by atoms with Crippen LogP contribution in [0.25, 0.3) is 0 Å². The van der Waals surface area contributed by atoms with E-state index in [0.29, 0.717) is 39.0 Å². The van der Waals surface area contributed by atoms with Crippen LogP contribution < -0.4 is 10.5 Å². The third-order valence-electron chi connectivity index (χ3n) is 6.76. The SMILES string of the molecule is COc1cc2c(cc1C(C)(N1CCC[C@H](N)[C@@H]1c1ccccc1)C(F)(F)F)COCC2. The monoisotopic (exact) mass is 434 g/mol. The number of ether oxygens (including phenoxy) is 2. The molecule has 2 aromatic rings. The zero-order valence-electron chi connectivity index (χ0n) is 17.9. The summed E-state index contributed by atoms with van der Waals surface area (Å²) < 4.78 is 55.9. The van der Waals surface area contributed by atoms with Crippen molar-refractivity contribution in [2.75, 3.05) is 20.3 Å². The van der Waals surface area contributed by atoms with Crippen molar-refractivity contribution >= 4 is 0 Å². The zero-order chi connectivity index (χ0) is 22.2. The summed E-state index contributed by atoms with van der Waals surface area (Å²) in [6.07, 6.45) is -2.60. The van der Waals surface area contributed by atoms with Crippen LogP contribution >= 0.6 is 0 Å². The predicted octanol–water partition coefficient (Wildman–Crippen LogP) is 4.71. The Balaban J connectivity index is 1.90. The van der Waals surface area contributed by atoms with Crippen LogP contribution in [0.2, 0.25) is 0 Å². The summed E-state index contributed by atoms with van der Waals surface area (Å²) in [4.78, 5) is 1.53. The van der Waals surface area contributed by atoms with Crippen molar-refractivity contribution < 1.29 is 22.6 Å². The van der Waals surface area contributed by atoms with E-state index in [1.165, 1.54) is 18.9 Å². The van der Waals surface area contributed by atoms with Crippen LogP contribution in [-0.2, 0) is 23.3 Å². The quantitative estimate of drug-likeness (QED) is 0.757. The lowest BCUT2D eigenvalue weighted by Crippen LogP contribution is -2.60. The molecule has 0 saturated carbocycles. The molecule has 1 saturated heterocycles. The summed E-state index contributed by atoms with van der Waals surface area (Å²) in [7, 11) is 1.43. The fourth-order valence-corrected chi connectivity index (χ4v) is 5.02. The van der Waals surface area contributed by atoms with Gasteiger partial charge in [0.1, 0.15) is 11.3 Å². The number of likely N-dealkylation sites (tertiary alicyclic amines) is 1. The normalized spacial score (nSPS) is 24.3. The molecule has 2 aliphatic heterocycles. The summed E-state index contributed by atoms with van der Waals surface area (Å²) in [5.41, 5.74) is 6.84. The van der Waals surface area contributed by atoms with E-state index in [-0.39, 0.29) is 11.3 Å². The van der Waals surface area contributed by atoms with Gasteiger partial charge in [0.15, 0.2) is 0 Å². The molecule has 2 aliphatic rings. The Morgan fingerprint density at radius 1 is 1.13 bits per heavy atom. The third-order valence-corrected chi connectivity index (χ3v) is 6.76. The molecule has 168 valence electrons. The van der Waals surface area contributed by atoms with Gasteiger partial charge >= 0.3 is 6.18 Å². The van der Waals surface area contributed by atoms with Crippen molar-refractivity contribution in [3.05, 3.63) is 64.7 Å². The first-order valence-electron chi connectivity index (χ1n) is 10.7. The Kier molecular flexibility index (Phi) is 6.03. The minimum atomic E-state index is -4.55. The number of nitrogens with two attached hydrogens (primary N) is 1. The zero-order valence-corrected chi connectivity index (χ0v) is 17.9. The van der Waals surface area contributed by atoms with E-state index in [0.717, 1.165) is 16.7 Å². The molecule has 0 bridgehead atoms. The van der Waals surface area contributed by atoms with Crippen molar-refractivity contribution in [1.82, 2.24) is 4.90 Å². The van der Waals surface area contributed by atoms with Crippen molar-refractivity contribution in [3.8, 4) is 5.75 Å². The highest BCUT2D eigenvalue weighted by molar-refractivity contribution is 5.48. The molecule has 3 atom stereocenters. The first-order valence-corrected chi connectivity index (χ1v) is 10.7. The maximum atomic E-state index is 15.0. The number of hydrogen-bond donors (Lipinski definition) is 1. The molecule has 0 aliphatic carbocycles. The summed E-state index contributed by atoms with van der Waals surface area (Å²) >= 11 is 0. The van der Waals surface area contributed by atoms with E-state index in [1.54, 1.807) is 12.1 Å². The molecule has 0 aromatic heterocycles. The topological polar surface area (TPSA) is 47.7 Å².